The summed E-state index contributed by atoms with van der Waals surface area (Å²) < 4.78 is 5.39. The van der Waals surface area contributed by atoms with E-state index in [2.05, 4.69) is 5.32 Å². The van der Waals surface area contributed by atoms with Crippen molar-refractivity contribution in [2.45, 2.75) is 19.4 Å². The fraction of sp³-hybridized carbons (Fsp3) is 0.500. The number of aliphatic hydroxyl groups excluding tert-OH is 1. The number of anilines is 1. The number of carbonyl (C=O) groups is 2. The Morgan fingerprint density at radius 1 is 1.43 bits per heavy atom. The maximum atomic E-state index is 12.2. The monoisotopic (exact) mass is 321 g/mol. The molecule has 0 bridgehead atoms. The average Bonchev–Trinajstić information content (AvgIpc) is 2.89. The van der Waals surface area contributed by atoms with Gasteiger partial charge >= 0.3 is 6.03 Å². The van der Waals surface area contributed by atoms with Crippen LogP contribution in [0.5, 0.6) is 5.75 Å². The molecule has 0 radical (unpaired) electrons. The number of carbonyl (C=O) groups excluding carboxylic acids is 2. The summed E-state index contributed by atoms with van der Waals surface area (Å²) in [5.41, 5.74) is 0.791. The molecule has 23 heavy (non-hydrogen) atoms. The molecule has 1 aromatic rings. The van der Waals surface area contributed by atoms with Gasteiger partial charge in [-0.15, -0.1) is 0 Å². The molecule has 1 saturated heterocycles. The molecule has 7 heteroatoms. The van der Waals surface area contributed by atoms with Gasteiger partial charge in [0.15, 0.2) is 0 Å². The van der Waals surface area contributed by atoms with E-state index in [9.17, 15) is 9.59 Å². The van der Waals surface area contributed by atoms with Crippen LogP contribution >= 0.6 is 0 Å². The van der Waals surface area contributed by atoms with Gasteiger partial charge in [-0.25, -0.2) is 4.79 Å². The molecule has 0 spiro atoms. The number of nitrogens with zero attached hydrogens (tertiary/aromatic N) is 2. The smallest absolute Gasteiger partial charge is 0.317 e. The van der Waals surface area contributed by atoms with Crippen LogP contribution in [0.25, 0.3) is 0 Å². The first-order valence-corrected chi connectivity index (χ1v) is 7.70. The fourth-order valence-corrected chi connectivity index (χ4v) is 2.48. The Kier molecular flexibility index (Phi) is 5.81. The summed E-state index contributed by atoms with van der Waals surface area (Å²) in [6.45, 7) is 3.11. The van der Waals surface area contributed by atoms with Crippen LogP contribution in [-0.4, -0.2) is 61.3 Å². The fourth-order valence-electron chi connectivity index (χ4n) is 2.48. The van der Waals surface area contributed by atoms with E-state index < -0.39 is 0 Å². The highest BCUT2D eigenvalue weighted by atomic mass is 16.5. The maximum absolute atomic E-state index is 12.2. The molecule has 1 aliphatic heterocycles. The minimum absolute atomic E-state index is 0.0238. The molecule has 0 saturated carbocycles. The number of rotatable bonds is 6. The van der Waals surface area contributed by atoms with E-state index in [0.717, 1.165) is 11.4 Å². The van der Waals surface area contributed by atoms with Gasteiger partial charge in [0.1, 0.15) is 5.75 Å². The van der Waals surface area contributed by atoms with Crippen LogP contribution in [0.3, 0.4) is 0 Å². The van der Waals surface area contributed by atoms with Gasteiger partial charge in [0, 0.05) is 32.2 Å². The van der Waals surface area contributed by atoms with E-state index in [0.29, 0.717) is 13.2 Å². The molecule has 1 heterocycles. The summed E-state index contributed by atoms with van der Waals surface area (Å²) in [5.74, 6) is 0.739. The molecule has 2 rings (SSSR count). The summed E-state index contributed by atoms with van der Waals surface area (Å²) in [7, 11) is 1.60. The van der Waals surface area contributed by atoms with E-state index in [1.165, 1.54) is 4.90 Å². The number of ether oxygens (including phenoxy) is 1. The van der Waals surface area contributed by atoms with Gasteiger partial charge in [0.2, 0.25) is 5.91 Å². The number of nitrogens with one attached hydrogen (secondary N) is 1. The molecule has 1 aliphatic rings. The van der Waals surface area contributed by atoms with Crippen molar-refractivity contribution in [1.29, 1.82) is 0 Å². The van der Waals surface area contributed by atoms with Crippen LogP contribution in [0.15, 0.2) is 24.3 Å². The van der Waals surface area contributed by atoms with Crippen molar-refractivity contribution in [3.05, 3.63) is 24.3 Å². The number of aliphatic hydroxyl groups is 1. The van der Waals surface area contributed by atoms with Gasteiger partial charge in [-0.2, -0.15) is 0 Å². The van der Waals surface area contributed by atoms with Gasteiger partial charge in [-0.3, -0.25) is 4.79 Å². The average molecular weight is 321 g/mol. The van der Waals surface area contributed by atoms with Gasteiger partial charge in [0.25, 0.3) is 0 Å². The Morgan fingerprint density at radius 2 is 2.13 bits per heavy atom. The van der Waals surface area contributed by atoms with E-state index in [1.807, 2.05) is 31.2 Å². The first-order valence-electron chi connectivity index (χ1n) is 7.70. The normalized spacial score (nSPS) is 17.3. The van der Waals surface area contributed by atoms with Crippen molar-refractivity contribution in [2.24, 2.45) is 0 Å². The molecule has 1 atom stereocenters. The van der Waals surface area contributed by atoms with E-state index >= 15 is 0 Å². The second-order valence-electron chi connectivity index (χ2n) is 5.43. The summed E-state index contributed by atoms with van der Waals surface area (Å²) in [5, 5.41) is 11.7. The van der Waals surface area contributed by atoms with Crippen molar-refractivity contribution in [3.8, 4) is 5.75 Å². The lowest BCUT2D eigenvalue weighted by Crippen LogP contribution is -2.45. The predicted molar refractivity (Wildman–Crippen MR) is 86.6 cm³/mol. The Hall–Kier alpha value is -2.28. The first kappa shape index (κ1) is 17.1. The van der Waals surface area contributed by atoms with Gasteiger partial charge in [0.05, 0.1) is 19.3 Å². The van der Waals surface area contributed by atoms with Crippen molar-refractivity contribution in [1.82, 2.24) is 10.2 Å². The van der Waals surface area contributed by atoms with Crippen molar-refractivity contribution in [2.75, 3.05) is 38.3 Å². The molecule has 1 aromatic carbocycles. The topological polar surface area (TPSA) is 82.1 Å². The molecule has 2 N–H and O–H groups in total. The second kappa shape index (κ2) is 7.82. The summed E-state index contributed by atoms with van der Waals surface area (Å²) >= 11 is 0. The minimum atomic E-state index is -0.287. The summed E-state index contributed by atoms with van der Waals surface area (Å²) in [6.07, 6.45) is 0.270. The number of amides is 3. The molecular weight excluding hydrogens is 298 g/mol. The Labute approximate surface area is 135 Å². The third-order valence-corrected chi connectivity index (χ3v) is 3.69. The van der Waals surface area contributed by atoms with Crippen molar-refractivity contribution in [3.63, 3.8) is 0 Å². The number of likely N-dealkylation sites (N-methyl/N-ethyl adjacent to an activating group) is 1. The molecule has 0 unspecified atom stereocenters. The number of hydrogen-bond acceptors (Lipinski definition) is 4. The first-order chi connectivity index (χ1) is 11.0. The Balaban J connectivity index is 1.95. The standard InChI is InChI=1S/C16H23N3O4/c1-3-23-14-6-4-13(5-7-14)19-11-12(10-15(19)21)17-16(22)18(2)8-9-20/h4-7,12,20H,3,8-11H2,1-2H3,(H,17,22)/t12-/m0/s1. The molecule has 1 fully saturated rings. The van der Waals surface area contributed by atoms with Crippen molar-refractivity contribution < 1.29 is 19.4 Å². The third-order valence-electron chi connectivity index (χ3n) is 3.69. The predicted octanol–water partition coefficient (Wildman–Crippen LogP) is 0.824. The van der Waals surface area contributed by atoms with Crippen LogP contribution in [0.2, 0.25) is 0 Å². The lowest BCUT2D eigenvalue weighted by atomic mass is 10.2. The van der Waals surface area contributed by atoms with E-state index in [1.54, 1.807) is 11.9 Å². The zero-order valence-electron chi connectivity index (χ0n) is 13.5. The quantitative estimate of drug-likeness (QED) is 0.813. The number of benzene rings is 1. The van der Waals surface area contributed by atoms with Gasteiger partial charge in [-0.05, 0) is 31.2 Å². The molecule has 0 aromatic heterocycles. The molecule has 0 aliphatic carbocycles. The Morgan fingerprint density at radius 3 is 2.74 bits per heavy atom. The van der Waals surface area contributed by atoms with Crippen LogP contribution in [0.4, 0.5) is 10.5 Å². The van der Waals surface area contributed by atoms with Crippen LogP contribution in [-0.2, 0) is 4.79 Å². The molecular formula is C16H23N3O4. The van der Waals surface area contributed by atoms with E-state index in [4.69, 9.17) is 9.84 Å². The zero-order valence-corrected chi connectivity index (χ0v) is 13.5. The van der Waals surface area contributed by atoms with Crippen molar-refractivity contribution >= 4 is 17.6 Å². The van der Waals surface area contributed by atoms with Gasteiger partial charge < -0.3 is 25.0 Å². The van der Waals surface area contributed by atoms with Crippen LogP contribution < -0.4 is 15.0 Å². The van der Waals surface area contributed by atoms with Gasteiger partial charge in [-0.1, -0.05) is 0 Å². The number of urea groups is 1. The second-order valence-corrected chi connectivity index (χ2v) is 5.43. The lowest BCUT2D eigenvalue weighted by Gasteiger charge is -2.21. The van der Waals surface area contributed by atoms with Crippen LogP contribution in [0, 0.1) is 0 Å². The minimum Gasteiger partial charge on any atom is -0.494 e. The summed E-state index contributed by atoms with van der Waals surface area (Å²) in [4.78, 5) is 27.1. The highest BCUT2D eigenvalue weighted by molar-refractivity contribution is 5.96. The highest BCUT2D eigenvalue weighted by Gasteiger charge is 2.32. The maximum Gasteiger partial charge on any atom is 0.317 e. The third kappa shape index (κ3) is 4.35. The lowest BCUT2D eigenvalue weighted by molar-refractivity contribution is -0.117. The highest BCUT2D eigenvalue weighted by Crippen LogP contribution is 2.24. The SMILES string of the molecule is CCOc1ccc(N2C[C@@H](NC(=O)N(C)CCO)CC2=O)cc1. The number of hydrogen-bond donors (Lipinski definition) is 2. The largest absolute Gasteiger partial charge is 0.494 e. The molecule has 126 valence electrons. The Bertz CT molecular complexity index is 547. The summed E-state index contributed by atoms with van der Waals surface area (Å²) in [6, 6.07) is 6.81. The molecule has 7 nitrogen and oxygen atoms in total. The van der Waals surface area contributed by atoms with Crippen LogP contribution in [0.1, 0.15) is 13.3 Å². The van der Waals surface area contributed by atoms with E-state index in [-0.39, 0.29) is 37.6 Å². The zero-order chi connectivity index (χ0) is 16.8. The molecule has 3 amide bonds.